The van der Waals surface area contributed by atoms with Crippen molar-refractivity contribution in [3.8, 4) is 5.75 Å². The summed E-state index contributed by atoms with van der Waals surface area (Å²) in [6, 6.07) is 1.24. The third kappa shape index (κ3) is 2.42. The molecule has 1 heterocycles. The molecule has 0 amide bonds. The molecule has 1 N–H and O–H groups in total. The maximum Gasteiger partial charge on any atom is 0.430 e. The van der Waals surface area contributed by atoms with E-state index in [4.69, 9.17) is 14.0 Å². The SMILES string of the molecule is [2H]C([2H])([2H])c1c(Br)c(C)cc2c1C=C(C(=O)O)[C@@H](C(F)(F)F)O2. The molecule has 108 valence electrons. The topological polar surface area (TPSA) is 46.5 Å². The number of rotatable bonds is 1. The molecule has 0 fully saturated rings. The van der Waals surface area contributed by atoms with Crippen LogP contribution < -0.4 is 4.74 Å². The van der Waals surface area contributed by atoms with E-state index in [-0.39, 0.29) is 21.3 Å². The molecule has 0 bridgehead atoms. The van der Waals surface area contributed by atoms with Gasteiger partial charge in [-0.05, 0) is 37.0 Å². The molecular weight excluding hydrogens is 341 g/mol. The maximum absolute atomic E-state index is 13.0. The molecule has 0 spiro atoms. The van der Waals surface area contributed by atoms with E-state index in [1.807, 2.05) is 0 Å². The average molecular weight is 354 g/mol. The summed E-state index contributed by atoms with van der Waals surface area (Å²) in [5, 5.41) is 9.01. The first kappa shape index (κ1) is 11.2. The molecule has 7 heteroatoms. The minimum absolute atomic E-state index is 0.172. The number of carboxylic acid groups (broad SMARTS) is 1. The highest BCUT2D eigenvalue weighted by atomic mass is 79.9. The van der Waals surface area contributed by atoms with Crippen molar-refractivity contribution in [1.29, 1.82) is 0 Å². The fourth-order valence-electron chi connectivity index (χ4n) is 1.86. The van der Waals surface area contributed by atoms with Gasteiger partial charge in [0.25, 0.3) is 0 Å². The molecule has 2 rings (SSSR count). The van der Waals surface area contributed by atoms with Crippen molar-refractivity contribution < 1.29 is 31.9 Å². The zero-order valence-electron chi connectivity index (χ0n) is 13.0. The second-order valence-electron chi connectivity index (χ2n) is 4.24. The van der Waals surface area contributed by atoms with Gasteiger partial charge in [0.05, 0.1) is 5.57 Å². The number of aliphatic carboxylic acids is 1. The van der Waals surface area contributed by atoms with Crippen molar-refractivity contribution >= 4 is 28.0 Å². The van der Waals surface area contributed by atoms with Crippen LogP contribution in [0.1, 0.15) is 20.8 Å². The summed E-state index contributed by atoms with van der Waals surface area (Å²) in [5.74, 6) is -2.14. The van der Waals surface area contributed by atoms with Crippen LogP contribution in [0, 0.1) is 13.8 Å². The lowest BCUT2D eigenvalue weighted by Crippen LogP contribution is -2.40. The number of benzene rings is 1. The molecule has 0 unspecified atom stereocenters. The smallest absolute Gasteiger partial charge is 0.430 e. The highest BCUT2D eigenvalue weighted by Gasteiger charge is 2.48. The average Bonchev–Trinajstić information content (AvgIpc) is 2.36. The number of alkyl halides is 3. The fraction of sp³-hybridized carbons (Fsp3) is 0.308. The molecule has 1 aromatic rings. The molecule has 0 aliphatic carbocycles. The molecular formula is C13H10BrF3O3. The molecule has 3 nitrogen and oxygen atoms in total. The van der Waals surface area contributed by atoms with Crippen LogP contribution in [-0.2, 0) is 4.79 Å². The third-order valence-corrected chi connectivity index (χ3v) is 3.84. The monoisotopic (exact) mass is 353 g/mol. The molecule has 20 heavy (non-hydrogen) atoms. The largest absolute Gasteiger partial charge is 0.478 e. The molecule has 1 aromatic carbocycles. The van der Waals surface area contributed by atoms with Crippen molar-refractivity contribution in [2.24, 2.45) is 0 Å². The minimum Gasteiger partial charge on any atom is -0.478 e. The van der Waals surface area contributed by atoms with Gasteiger partial charge < -0.3 is 9.84 Å². The van der Waals surface area contributed by atoms with Gasteiger partial charge in [-0.15, -0.1) is 0 Å². The Morgan fingerprint density at radius 3 is 2.70 bits per heavy atom. The molecule has 0 saturated heterocycles. The van der Waals surface area contributed by atoms with Gasteiger partial charge in [-0.1, -0.05) is 15.9 Å². The van der Waals surface area contributed by atoms with Gasteiger partial charge in [0, 0.05) is 14.1 Å². The third-order valence-electron chi connectivity index (χ3n) is 2.82. The van der Waals surface area contributed by atoms with Crippen LogP contribution in [0.25, 0.3) is 6.08 Å². The van der Waals surface area contributed by atoms with E-state index in [0.29, 0.717) is 11.6 Å². The number of hydrogen-bond acceptors (Lipinski definition) is 2. The van der Waals surface area contributed by atoms with E-state index in [2.05, 4.69) is 15.9 Å². The lowest BCUT2D eigenvalue weighted by Gasteiger charge is -2.28. The highest BCUT2D eigenvalue weighted by molar-refractivity contribution is 9.10. The number of carbonyl (C=O) groups is 1. The van der Waals surface area contributed by atoms with Crippen molar-refractivity contribution in [2.75, 3.05) is 0 Å². The molecule has 1 aliphatic heterocycles. The minimum atomic E-state index is -4.94. The summed E-state index contributed by atoms with van der Waals surface area (Å²) in [6.07, 6.45) is -6.88. The number of hydrogen-bond donors (Lipinski definition) is 1. The number of aryl methyl sites for hydroxylation is 1. The normalized spacial score (nSPS) is 20.9. The number of fused-ring (bicyclic) bond motifs is 1. The zero-order valence-corrected chi connectivity index (χ0v) is 11.6. The Bertz CT molecular complexity index is 711. The van der Waals surface area contributed by atoms with Crippen LogP contribution in [0.5, 0.6) is 5.75 Å². The van der Waals surface area contributed by atoms with E-state index in [1.54, 1.807) is 0 Å². The van der Waals surface area contributed by atoms with Gasteiger partial charge in [0.2, 0.25) is 6.10 Å². The Morgan fingerprint density at radius 2 is 2.20 bits per heavy atom. The fourth-order valence-corrected chi connectivity index (χ4v) is 2.18. The highest BCUT2D eigenvalue weighted by Crippen LogP contribution is 2.41. The molecule has 1 aliphatic rings. The summed E-state index contributed by atoms with van der Waals surface area (Å²) in [6.45, 7) is -1.16. The Kier molecular flexibility index (Phi) is 2.69. The summed E-state index contributed by atoms with van der Waals surface area (Å²) in [7, 11) is 0. The summed E-state index contributed by atoms with van der Waals surface area (Å²) < 4.78 is 66.6. The molecule has 1 atom stereocenters. The van der Waals surface area contributed by atoms with Gasteiger partial charge in [-0.2, -0.15) is 13.2 Å². The van der Waals surface area contributed by atoms with Crippen LogP contribution in [0.15, 0.2) is 16.1 Å². The van der Waals surface area contributed by atoms with E-state index < -0.39 is 30.7 Å². The lowest BCUT2D eigenvalue weighted by atomic mass is 9.96. The second-order valence-corrected chi connectivity index (χ2v) is 5.03. The van der Waals surface area contributed by atoms with Gasteiger partial charge in [0.15, 0.2) is 0 Å². The Balaban J connectivity index is 2.79. The van der Waals surface area contributed by atoms with Gasteiger partial charge in [0.1, 0.15) is 5.75 Å². The van der Waals surface area contributed by atoms with Crippen LogP contribution in [0.3, 0.4) is 0 Å². The van der Waals surface area contributed by atoms with Crippen LogP contribution in [0.2, 0.25) is 0 Å². The van der Waals surface area contributed by atoms with Gasteiger partial charge >= 0.3 is 12.1 Å². The van der Waals surface area contributed by atoms with E-state index in [1.165, 1.54) is 13.0 Å². The summed E-state index contributed by atoms with van der Waals surface area (Å²) >= 11 is 3.09. The second kappa shape index (κ2) is 4.80. The van der Waals surface area contributed by atoms with Gasteiger partial charge in [-0.25, -0.2) is 4.79 Å². The number of carboxylic acids is 1. The van der Waals surface area contributed by atoms with Crippen LogP contribution >= 0.6 is 15.9 Å². The van der Waals surface area contributed by atoms with Crippen molar-refractivity contribution in [3.05, 3.63) is 32.8 Å². The number of halogens is 4. The van der Waals surface area contributed by atoms with Crippen molar-refractivity contribution in [3.63, 3.8) is 0 Å². The quantitative estimate of drug-likeness (QED) is 0.833. The first-order valence-corrected chi connectivity index (χ1v) is 6.15. The Hall–Kier alpha value is -1.50. The van der Waals surface area contributed by atoms with Crippen LogP contribution in [0.4, 0.5) is 13.2 Å². The maximum atomic E-state index is 13.0. The molecule has 0 aromatic heterocycles. The van der Waals surface area contributed by atoms with E-state index >= 15 is 0 Å². The summed E-state index contributed by atoms with van der Waals surface area (Å²) in [5.41, 5.74) is -1.18. The van der Waals surface area contributed by atoms with Crippen LogP contribution in [-0.4, -0.2) is 23.4 Å². The van der Waals surface area contributed by atoms with E-state index in [9.17, 15) is 18.0 Å². The first-order valence-electron chi connectivity index (χ1n) is 6.86. The Labute approximate surface area is 125 Å². The molecule has 0 radical (unpaired) electrons. The van der Waals surface area contributed by atoms with Crippen molar-refractivity contribution in [2.45, 2.75) is 26.1 Å². The predicted molar refractivity (Wildman–Crippen MR) is 69.7 cm³/mol. The predicted octanol–water partition coefficient (Wildman–Crippen LogP) is 3.86. The first-order chi connectivity index (χ1) is 10.3. The Morgan fingerprint density at radius 1 is 1.55 bits per heavy atom. The van der Waals surface area contributed by atoms with E-state index in [0.717, 1.165) is 0 Å². The number of ether oxygens (including phenoxy) is 1. The summed E-state index contributed by atoms with van der Waals surface area (Å²) in [4.78, 5) is 11.1. The van der Waals surface area contributed by atoms with Crippen molar-refractivity contribution in [1.82, 2.24) is 0 Å². The standard InChI is InChI=1S/C13H10BrF3O3/c1-5-3-9-7(6(2)10(5)14)4-8(12(18)19)11(20-9)13(15,16)17/h3-4,11H,1-2H3,(H,18,19)/t11-/m0/s1/i2D3. The van der Waals surface area contributed by atoms with Gasteiger partial charge in [-0.3, -0.25) is 0 Å². The zero-order chi connectivity index (χ0) is 17.7. The molecule has 0 saturated carbocycles. The lowest BCUT2D eigenvalue weighted by molar-refractivity contribution is -0.187.